The number of amides is 5. The lowest BCUT2D eigenvalue weighted by Crippen LogP contribution is -2.52. The quantitative estimate of drug-likeness (QED) is 0.159. The molecule has 0 saturated carbocycles. The maximum atomic E-state index is 12.8. The second-order valence-corrected chi connectivity index (χ2v) is 7.79. The zero-order valence-electron chi connectivity index (χ0n) is 18.0. The van der Waals surface area contributed by atoms with Crippen LogP contribution >= 0.6 is 0 Å². The predicted molar refractivity (Wildman–Crippen MR) is 117 cm³/mol. The number of hydrogen-bond donors (Lipinski definition) is 3. The molecule has 1 unspecified atom stereocenters. The highest BCUT2D eigenvalue weighted by Crippen LogP contribution is 2.32. The SMILES string of the molecule is [N-]=[N+]=NCCCNC(=O)CCCC(=O)Nc1cccc2c1CN(C1CCC(=O)NC1=O)C2=O. The Kier molecular flexibility index (Phi) is 7.98. The van der Waals surface area contributed by atoms with Crippen molar-refractivity contribution < 1.29 is 24.0 Å². The van der Waals surface area contributed by atoms with Crippen LogP contribution in [0.2, 0.25) is 0 Å². The van der Waals surface area contributed by atoms with Crippen molar-refractivity contribution >= 4 is 35.2 Å². The molecule has 0 bridgehead atoms. The molecule has 1 aromatic carbocycles. The van der Waals surface area contributed by atoms with Gasteiger partial charge in [0.15, 0.2) is 0 Å². The van der Waals surface area contributed by atoms with E-state index in [0.717, 1.165) is 0 Å². The smallest absolute Gasteiger partial charge is 0.255 e. The van der Waals surface area contributed by atoms with Crippen LogP contribution in [-0.2, 0) is 25.7 Å². The number of hydrogen-bond acceptors (Lipinski definition) is 6. The monoisotopic (exact) mass is 455 g/mol. The van der Waals surface area contributed by atoms with Gasteiger partial charge in [-0.3, -0.25) is 29.3 Å². The first kappa shape index (κ1) is 23.7. The molecule has 12 heteroatoms. The first-order chi connectivity index (χ1) is 15.9. The van der Waals surface area contributed by atoms with Crippen molar-refractivity contribution in [2.45, 2.75) is 51.1 Å². The molecule has 2 aliphatic rings. The minimum atomic E-state index is -0.726. The molecule has 1 fully saturated rings. The number of carbonyl (C=O) groups excluding carboxylic acids is 5. The molecule has 1 aromatic rings. The molecule has 2 heterocycles. The maximum absolute atomic E-state index is 12.8. The zero-order chi connectivity index (χ0) is 23.8. The molecule has 3 rings (SSSR count). The van der Waals surface area contributed by atoms with Crippen molar-refractivity contribution in [2.75, 3.05) is 18.4 Å². The standard InChI is InChI=1S/C21H25N7O5/c22-27-24-11-3-10-23-17(29)6-2-7-18(30)25-15-5-1-4-13-14(15)12-28(21(13)33)16-8-9-19(31)26-20(16)32/h1,4-5,16H,2-3,6-12H2,(H,23,29)(H,25,30)(H,26,31,32). The van der Waals surface area contributed by atoms with Gasteiger partial charge in [-0.15, -0.1) is 0 Å². The molecule has 2 aliphatic heterocycles. The van der Waals surface area contributed by atoms with Gasteiger partial charge in [-0.2, -0.15) is 0 Å². The van der Waals surface area contributed by atoms with Crippen molar-refractivity contribution in [1.82, 2.24) is 15.5 Å². The first-order valence-electron chi connectivity index (χ1n) is 10.7. The molecule has 33 heavy (non-hydrogen) atoms. The van der Waals surface area contributed by atoms with E-state index in [1.165, 1.54) is 4.90 Å². The minimum Gasteiger partial charge on any atom is -0.356 e. The van der Waals surface area contributed by atoms with Crippen LogP contribution in [-0.4, -0.2) is 53.6 Å². The Bertz CT molecular complexity index is 1020. The number of nitrogens with one attached hydrogen (secondary N) is 3. The Morgan fingerprint density at radius 1 is 1.18 bits per heavy atom. The topological polar surface area (TPSA) is 173 Å². The predicted octanol–water partition coefficient (Wildman–Crippen LogP) is 1.37. The number of carbonyl (C=O) groups is 5. The second kappa shape index (κ2) is 11.1. The zero-order valence-corrected chi connectivity index (χ0v) is 18.0. The number of rotatable bonds is 10. The van der Waals surface area contributed by atoms with E-state index in [1.54, 1.807) is 18.2 Å². The Hall–Kier alpha value is -3.92. The van der Waals surface area contributed by atoms with Crippen LogP contribution in [0.5, 0.6) is 0 Å². The normalized spacial score (nSPS) is 17.2. The molecule has 1 saturated heterocycles. The molecule has 174 valence electrons. The maximum Gasteiger partial charge on any atom is 0.255 e. The summed E-state index contributed by atoms with van der Waals surface area (Å²) in [6, 6.07) is 4.26. The second-order valence-electron chi connectivity index (χ2n) is 7.79. The molecular weight excluding hydrogens is 430 g/mol. The van der Waals surface area contributed by atoms with E-state index in [2.05, 4.69) is 26.0 Å². The fourth-order valence-electron chi connectivity index (χ4n) is 3.84. The van der Waals surface area contributed by atoms with Crippen molar-refractivity contribution in [3.05, 3.63) is 39.8 Å². The third-order valence-corrected chi connectivity index (χ3v) is 5.48. The van der Waals surface area contributed by atoms with Gasteiger partial charge in [0.1, 0.15) is 6.04 Å². The van der Waals surface area contributed by atoms with Gasteiger partial charge in [0.2, 0.25) is 23.6 Å². The van der Waals surface area contributed by atoms with E-state index >= 15 is 0 Å². The highest BCUT2D eigenvalue weighted by atomic mass is 16.2. The number of nitrogens with zero attached hydrogens (tertiary/aromatic N) is 4. The Morgan fingerprint density at radius 3 is 2.73 bits per heavy atom. The van der Waals surface area contributed by atoms with Gasteiger partial charge in [-0.1, -0.05) is 11.2 Å². The fourth-order valence-corrected chi connectivity index (χ4v) is 3.84. The number of piperidine rings is 1. The fraction of sp³-hybridized carbons (Fsp3) is 0.476. The van der Waals surface area contributed by atoms with E-state index < -0.39 is 11.9 Å². The number of imide groups is 1. The van der Waals surface area contributed by atoms with Crippen molar-refractivity contribution in [3.8, 4) is 0 Å². The van der Waals surface area contributed by atoms with E-state index in [0.29, 0.717) is 42.7 Å². The molecule has 0 spiro atoms. The number of anilines is 1. The molecule has 1 atom stereocenters. The lowest BCUT2D eigenvalue weighted by molar-refractivity contribution is -0.137. The van der Waals surface area contributed by atoms with Gasteiger partial charge >= 0.3 is 0 Å². The van der Waals surface area contributed by atoms with Crippen molar-refractivity contribution in [3.63, 3.8) is 0 Å². The van der Waals surface area contributed by atoms with Gasteiger partial charge in [0.25, 0.3) is 5.91 Å². The summed E-state index contributed by atoms with van der Waals surface area (Å²) < 4.78 is 0. The molecule has 0 aromatic heterocycles. The lowest BCUT2D eigenvalue weighted by atomic mass is 10.0. The van der Waals surface area contributed by atoms with Gasteiger partial charge in [0.05, 0.1) is 0 Å². The van der Waals surface area contributed by atoms with Crippen molar-refractivity contribution in [2.24, 2.45) is 5.11 Å². The summed E-state index contributed by atoms with van der Waals surface area (Å²) in [4.78, 5) is 64.7. The van der Waals surface area contributed by atoms with E-state index in [9.17, 15) is 24.0 Å². The first-order valence-corrected chi connectivity index (χ1v) is 10.7. The van der Waals surface area contributed by atoms with Gasteiger partial charge < -0.3 is 15.5 Å². The van der Waals surface area contributed by atoms with E-state index in [4.69, 9.17) is 5.53 Å². The Morgan fingerprint density at radius 2 is 1.97 bits per heavy atom. The number of fused-ring (bicyclic) bond motifs is 1. The molecule has 5 amide bonds. The van der Waals surface area contributed by atoms with Crippen LogP contribution in [0.3, 0.4) is 0 Å². The number of azide groups is 1. The summed E-state index contributed by atoms with van der Waals surface area (Å²) in [6.07, 6.45) is 1.64. The Labute approximate surface area is 189 Å². The largest absolute Gasteiger partial charge is 0.356 e. The number of benzene rings is 1. The third kappa shape index (κ3) is 6.07. The van der Waals surface area contributed by atoms with Gasteiger partial charge in [-0.05, 0) is 36.9 Å². The van der Waals surface area contributed by atoms with Gasteiger partial charge in [0, 0.05) is 60.6 Å². The average Bonchev–Trinajstić information content (AvgIpc) is 3.11. The summed E-state index contributed by atoms with van der Waals surface area (Å²) >= 11 is 0. The van der Waals surface area contributed by atoms with Gasteiger partial charge in [-0.25, -0.2) is 0 Å². The van der Waals surface area contributed by atoms with Crippen LogP contribution in [0.25, 0.3) is 10.4 Å². The van der Waals surface area contributed by atoms with Crippen LogP contribution in [0.4, 0.5) is 5.69 Å². The van der Waals surface area contributed by atoms with Crippen LogP contribution < -0.4 is 16.0 Å². The van der Waals surface area contributed by atoms with E-state index in [1.807, 2.05) is 0 Å². The molecular formula is C21H25N7O5. The summed E-state index contributed by atoms with van der Waals surface area (Å²) in [7, 11) is 0. The van der Waals surface area contributed by atoms with Crippen LogP contribution in [0.15, 0.2) is 23.3 Å². The third-order valence-electron chi connectivity index (χ3n) is 5.48. The summed E-state index contributed by atoms with van der Waals surface area (Å²) in [5, 5.41) is 11.1. The van der Waals surface area contributed by atoms with E-state index in [-0.39, 0.29) is 55.9 Å². The minimum absolute atomic E-state index is 0.126. The van der Waals surface area contributed by atoms with Crippen LogP contribution in [0, 0.1) is 0 Å². The molecule has 0 radical (unpaired) electrons. The summed E-state index contributed by atoms with van der Waals surface area (Å²) in [5.74, 6) is -1.63. The average molecular weight is 455 g/mol. The molecule has 12 nitrogen and oxygen atoms in total. The Balaban J connectivity index is 1.50. The van der Waals surface area contributed by atoms with Crippen LogP contribution in [0.1, 0.15) is 54.4 Å². The summed E-state index contributed by atoms with van der Waals surface area (Å²) in [5.41, 5.74) is 9.72. The highest BCUT2D eigenvalue weighted by molar-refractivity contribution is 6.06. The van der Waals surface area contributed by atoms with Crippen molar-refractivity contribution in [1.29, 1.82) is 0 Å². The summed E-state index contributed by atoms with van der Waals surface area (Å²) in [6.45, 7) is 0.872. The molecule has 0 aliphatic carbocycles. The highest BCUT2D eigenvalue weighted by Gasteiger charge is 2.39. The molecule has 3 N–H and O–H groups in total. The lowest BCUT2D eigenvalue weighted by Gasteiger charge is -2.29.